The number of H-pyrrole nitrogens is 1. The third kappa shape index (κ3) is 4.80. The van der Waals surface area contributed by atoms with Crippen molar-refractivity contribution in [2.24, 2.45) is 0 Å². The normalized spacial score (nSPS) is 11.1. The summed E-state index contributed by atoms with van der Waals surface area (Å²) in [4.78, 5) is 19.4. The summed E-state index contributed by atoms with van der Waals surface area (Å²) in [5.74, 6) is 1.40. The van der Waals surface area contributed by atoms with E-state index in [0.29, 0.717) is 23.2 Å². The third-order valence-corrected chi connectivity index (χ3v) is 5.79. The van der Waals surface area contributed by atoms with Gasteiger partial charge in [-0.05, 0) is 36.4 Å². The first kappa shape index (κ1) is 19.9. The highest BCUT2D eigenvalue weighted by Gasteiger charge is 2.13. The molecule has 0 radical (unpaired) electrons. The summed E-state index contributed by atoms with van der Waals surface area (Å²) >= 11 is 11.0. The smallest absolute Gasteiger partial charge is 0.270 e. The summed E-state index contributed by atoms with van der Waals surface area (Å²) in [6, 6.07) is 15.2. The number of nitrogens with zero attached hydrogens (tertiary/aromatic N) is 4. The van der Waals surface area contributed by atoms with Crippen LogP contribution in [0.2, 0.25) is 5.02 Å². The molecule has 0 unspecified atom stereocenters. The van der Waals surface area contributed by atoms with Crippen LogP contribution in [0, 0.1) is 0 Å². The topological polar surface area (TPSA) is 85.7 Å². The van der Waals surface area contributed by atoms with Crippen LogP contribution in [0.25, 0.3) is 11.0 Å². The summed E-state index contributed by atoms with van der Waals surface area (Å²) in [5, 5.41) is 8.79. The molecule has 2 aromatic carbocycles. The van der Waals surface area contributed by atoms with Crippen molar-refractivity contribution in [1.29, 1.82) is 0 Å². The Hall–Kier alpha value is -2.36. The number of nitrogens with one attached hydrogen (secondary N) is 1. The van der Waals surface area contributed by atoms with E-state index < -0.39 is 0 Å². The number of ether oxygens (including phenoxy) is 1. The van der Waals surface area contributed by atoms with Crippen LogP contribution in [0.15, 0.2) is 63.0 Å². The van der Waals surface area contributed by atoms with Crippen molar-refractivity contribution < 1.29 is 4.74 Å². The predicted molar refractivity (Wildman–Crippen MR) is 117 cm³/mol. The Kier molecular flexibility index (Phi) is 6.17. The van der Waals surface area contributed by atoms with Gasteiger partial charge in [0.2, 0.25) is 0 Å². The van der Waals surface area contributed by atoms with Crippen molar-refractivity contribution in [3.8, 4) is 5.75 Å². The van der Waals surface area contributed by atoms with Gasteiger partial charge in [-0.3, -0.25) is 4.79 Å². The molecular weight excluding hydrogens is 478 g/mol. The molecule has 0 aliphatic heterocycles. The van der Waals surface area contributed by atoms with E-state index >= 15 is 0 Å². The second kappa shape index (κ2) is 8.98. The Balaban J connectivity index is 1.44. The fraction of sp³-hybridized carbons (Fsp3) is 0.158. The number of hydrogen-bond acceptors (Lipinski definition) is 6. The standard InChI is InChI=1S/C19H15BrClN5O2S/c20-12-5-7-13(8-6-12)28-9-10-29-19-22-15(17(21)18(27)23-19)11-26-16-4-2-1-3-14(16)24-25-26/h1-8H,9-11H2,(H,22,23,27). The van der Waals surface area contributed by atoms with Crippen LogP contribution in [-0.4, -0.2) is 37.3 Å². The number of aromatic amines is 1. The molecule has 2 heterocycles. The first-order valence-electron chi connectivity index (χ1n) is 8.68. The van der Waals surface area contributed by atoms with Gasteiger partial charge in [0.25, 0.3) is 5.56 Å². The summed E-state index contributed by atoms with van der Waals surface area (Å²) in [6.07, 6.45) is 0. The molecule has 4 rings (SSSR count). The fourth-order valence-corrected chi connectivity index (χ4v) is 3.77. The van der Waals surface area contributed by atoms with Gasteiger partial charge >= 0.3 is 0 Å². The minimum Gasteiger partial charge on any atom is -0.493 e. The lowest BCUT2D eigenvalue weighted by atomic mass is 10.3. The maximum absolute atomic E-state index is 12.2. The van der Waals surface area contributed by atoms with Crippen molar-refractivity contribution in [1.82, 2.24) is 25.0 Å². The molecule has 0 aliphatic rings. The van der Waals surface area contributed by atoms with Gasteiger partial charge < -0.3 is 9.72 Å². The van der Waals surface area contributed by atoms with Crippen molar-refractivity contribution in [2.45, 2.75) is 11.7 Å². The van der Waals surface area contributed by atoms with E-state index in [-0.39, 0.29) is 17.1 Å². The highest BCUT2D eigenvalue weighted by Crippen LogP contribution is 2.19. The number of halogens is 2. The van der Waals surface area contributed by atoms with Gasteiger partial charge in [0.05, 0.1) is 24.4 Å². The zero-order valence-electron chi connectivity index (χ0n) is 15.0. The lowest BCUT2D eigenvalue weighted by Crippen LogP contribution is -2.16. The maximum Gasteiger partial charge on any atom is 0.270 e. The number of benzene rings is 2. The third-order valence-electron chi connectivity index (χ3n) is 4.03. The molecule has 4 aromatic rings. The monoisotopic (exact) mass is 491 g/mol. The first-order chi connectivity index (χ1) is 14.1. The maximum atomic E-state index is 12.2. The highest BCUT2D eigenvalue weighted by atomic mass is 79.9. The molecule has 0 fully saturated rings. The molecule has 29 heavy (non-hydrogen) atoms. The van der Waals surface area contributed by atoms with Crippen LogP contribution in [0.1, 0.15) is 5.69 Å². The molecule has 2 aromatic heterocycles. The Morgan fingerprint density at radius 3 is 2.79 bits per heavy atom. The van der Waals surface area contributed by atoms with Gasteiger partial charge in [0.15, 0.2) is 5.16 Å². The van der Waals surface area contributed by atoms with Crippen molar-refractivity contribution >= 4 is 50.3 Å². The summed E-state index contributed by atoms with van der Waals surface area (Å²) in [5.41, 5.74) is 1.69. The van der Waals surface area contributed by atoms with Gasteiger partial charge in [0.1, 0.15) is 16.3 Å². The Bertz CT molecular complexity index is 1200. The molecule has 0 amide bonds. The average Bonchev–Trinajstić information content (AvgIpc) is 3.13. The summed E-state index contributed by atoms with van der Waals surface area (Å²) < 4.78 is 8.36. The quantitative estimate of drug-likeness (QED) is 0.237. The lowest BCUT2D eigenvalue weighted by Gasteiger charge is -2.08. The van der Waals surface area contributed by atoms with Crippen LogP contribution >= 0.6 is 39.3 Å². The van der Waals surface area contributed by atoms with Gasteiger partial charge in [-0.25, -0.2) is 9.67 Å². The molecule has 0 saturated carbocycles. The number of thioether (sulfide) groups is 1. The Morgan fingerprint density at radius 1 is 1.17 bits per heavy atom. The van der Waals surface area contributed by atoms with E-state index in [0.717, 1.165) is 21.3 Å². The Labute approximate surface area is 183 Å². The molecule has 10 heteroatoms. The van der Waals surface area contributed by atoms with E-state index in [1.807, 2.05) is 48.5 Å². The van der Waals surface area contributed by atoms with Crippen LogP contribution in [0.3, 0.4) is 0 Å². The van der Waals surface area contributed by atoms with E-state index in [2.05, 4.69) is 36.2 Å². The van der Waals surface area contributed by atoms with Crippen molar-refractivity contribution in [2.75, 3.05) is 12.4 Å². The molecule has 0 bridgehead atoms. The van der Waals surface area contributed by atoms with E-state index in [1.165, 1.54) is 11.8 Å². The number of para-hydroxylation sites is 1. The minimum atomic E-state index is -0.377. The minimum absolute atomic E-state index is 0.0556. The Morgan fingerprint density at radius 2 is 1.97 bits per heavy atom. The molecule has 1 N–H and O–H groups in total. The summed E-state index contributed by atoms with van der Waals surface area (Å²) in [6.45, 7) is 0.730. The highest BCUT2D eigenvalue weighted by molar-refractivity contribution is 9.10. The molecule has 0 spiro atoms. The largest absolute Gasteiger partial charge is 0.493 e. The molecule has 0 saturated heterocycles. The average molecular weight is 493 g/mol. The molecule has 7 nitrogen and oxygen atoms in total. The van der Waals surface area contributed by atoms with Crippen LogP contribution in [0.5, 0.6) is 5.75 Å². The van der Waals surface area contributed by atoms with E-state index in [4.69, 9.17) is 16.3 Å². The zero-order valence-corrected chi connectivity index (χ0v) is 18.2. The van der Waals surface area contributed by atoms with Crippen LogP contribution in [-0.2, 0) is 6.54 Å². The van der Waals surface area contributed by atoms with Gasteiger partial charge in [-0.15, -0.1) is 5.10 Å². The van der Waals surface area contributed by atoms with Crippen molar-refractivity contribution in [3.05, 3.63) is 74.1 Å². The SMILES string of the molecule is O=c1[nH]c(SCCOc2ccc(Br)cc2)nc(Cn2nnc3ccccc32)c1Cl. The van der Waals surface area contributed by atoms with Gasteiger partial charge in [-0.2, -0.15) is 0 Å². The van der Waals surface area contributed by atoms with Gasteiger partial charge in [-0.1, -0.05) is 56.6 Å². The van der Waals surface area contributed by atoms with E-state index in [1.54, 1.807) is 4.68 Å². The lowest BCUT2D eigenvalue weighted by molar-refractivity contribution is 0.344. The van der Waals surface area contributed by atoms with Gasteiger partial charge in [0, 0.05) is 10.2 Å². The molecule has 0 atom stereocenters. The zero-order chi connectivity index (χ0) is 20.2. The van der Waals surface area contributed by atoms with Crippen molar-refractivity contribution in [3.63, 3.8) is 0 Å². The second-order valence-corrected chi connectivity index (χ2v) is 8.40. The number of aromatic nitrogens is 5. The number of rotatable bonds is 7. The second-order valence-electron chi connectivity index (χ2n) is 6.02. The molecule has 148 valence electrons. The molecular formula is C19H15BrClN5O2S. The molecule has 0 aliphatic carbocycles. The number of fused-ring (bicyclic) bond motifs is 1. The first-order valence-corrected chi connectivity index (χ1v) is 10.8. The number of hydrogen-bond donors (Lipinski definition) is 1. The fourth-order valence-electron chi connectivity index (χ4n) is 2.66. The van der Waals surface area contributed by atoms with Crippen LogP contribution < -0.4 is 10.3 Å². The van der Waals surface area contributed by atoms with E-state index in [9.17, 15) is 4.79 Å². The predicted octanol–water partition coefficient (Wildman–Crippen LogP) is 4.15. The summed E-state index contributed by atoms with van der Waals surface area (Å²) in [7, 11) is 0. The van der Waals surface area contributed by atoms with Crippen LogP contribution in [0.4, 0.5) is 0 Å².